The summed E-state index contributed by atoms with van der Waals surface area (Å²) in [6, 6.07) is 3.74. The number of hydrogen-bond donors (Lipinski definition) is 0. The van der Waals surface area contributed by atoms with Gasteiger partial charge in [0.15, 0.2) is 0 Å². The van der Waals surface area contributed by atoms with E-state index in [-0.39, 0.29) is 11.9 Å². The van der Waals surface area contributed by atoms with Gasteiger partial charge in [-0.2, -0.15) is 0 Å². The molecular formula is C17H39NO5Si2. The van der Waals surface area contributed by atoms with Crippen LogP contribution in [-0.2, 0) is 22.5 Å². The van der Waals surface area contributed by atoms with Crippen LogP contribution in [0.5, 0.6) is 0 Å². The van der Waals surface area contributed by atoms with E-state index in [1.54, 1.807) is 21.3 Å². The minimum atomic E-state index is -2.51. The Morgan fingerprint density at radius 2 is 1.48 bits per heavy atom. The Labute approximate surface area is 156 Å². The van der Waals surface area contributed by atoms with Gasteiger partial charge in [-0.25, -0.2) is 0 Å². The Hall–Kier alpha value is -0.256. The average molecular weight is 394 g/mol. The number of rotatable bonds is 14. The lowest BCUT2D eigenvalue weighted by atomic mass is 10.2. The fourth-order valence-corrected chi connectivity index (χ4v) is 7.30. The van der Waals surface area contributed by atoms with E-state index in [1.165, 1.54) is 0 Å². The quantitative estimate of drug-likeness (QED) is 0.422. The lowest BCUT2D eigenvalue weighted by Gasteiger charge is -2.30. The first-order chi connectivity index (χ1) is 11.8. The third-order valence-electron chi connectivity index (χ3n) is 5.19. The molecule has 150 valence electrons. The van der Waals surface area contributed by atoms with Crippen molar-refractivity contribution in [1.82, 2.24) is 4.90 Å². The molecular weight excluding hydrogens is 354 g/mol. The summed E-state index contributed by atoms with van der Waals surface area (Å²) in [4.78, 5) is 14.6. The highest BCUT2D eigenvalue weighted by Gasteiger charge is 2.37. The highest BCUT2D eigenvalue weighted by atomic mass is 28.4. The van der Waals surface area contributed by atoms with Crippen molar-refractivity contribution >= 4 is 23.1 Å². The van der Waals surface area contributed by atoms with E-state index in [1.807, 2.05) is 14.0 Å². The zero-order valence-electron chi connectivity index (χ0n) is 17.5. The molecule has 0 fully saturated rings. The second-order valence-corrected chi connectivity index (χ2v) is 14.5. The summed E-state index contributed by atoms with van der Waals surface area (Å²) in [6.07, 6.45) is 0.900. The molecule has 0 aliphatic rings. The summed E-state index contributed by atoms with van der Waals surface area (Å²) in [5.41, 5.74) is 0. The number of nitrogens with zero attached hydrogens (tertiary/aromatic N) is 1. The van der Waals surface area contributed by atoms with Crippen LogP contribution in [0.1, 0.15) is 34.1 Å². The molecule has 0 heterocycles. The molecule has 0 aromatic rings. The van der Waals surface area contributed by atoms with E-state index in [2.05, 4.69) is 25.7 Å². The second kappa shape index (κ2) is 12.2. The molecule has 0 saturated heterocycles. The van der Waals surface area contributed by atoms with Gasteiger partial charge in [0.2, 0.25) is 0 Å². The van der Waals surface area contributed by atoms with Crippen LogP contribution >= 0.6 is 0 Å². The first-order valence-electron chi connectivity index (χ1n) is 9.34. The van der Waals surface area contributed by atoms with Crippen LogP contribution in [0, 0.1) is 5.92 Å². The predicted molar refractivity (Wildman–Crippen MR) is 106 cm³/mol. The highest BCUT2D eigenvalue weighted by molar-refractivity contribution is 6.74. The smallest absolute Gasteiger partial charge is 0.500 e. The molecule has 0 bridgehead atoms. The molecule has 0 aliphatic carbocycles. The molecule has 0 aromatic carbocycles. The average Bonchev–Trinajstić information content (AvgIpc) is 2.63. The van der Waals surface area contributed by atoms with Gasteiger partial charge in [-0.15, -0.1) is 0 Å². The van der Waals surface area contributed by atoms with E-state index in [0.29, 0.717) is 6.54 Å². The monoisotopic (exact) mass is 393 g/mol. The molecule has 0 rings (SSSR count). The molecule has 0 N–H and O–H groups in total. The number of carbonyl (C=O) groups excluding carboxylic acids is 1. The Kier molecular flexibility index (Phi) is 12.1. The van der Waals surface area contributed by atoms with Gasteiger partial charge >= 0.3 is 8.80 Å². The van der Waals surface area contributed by atoms with E-state index in [0.717, 1.165) is 37.1 Å². The van der Waals surface area contributed by atoms with Crippen LogP contribution in [-0.4, -0.2) is 69.5 Å². The van der Waals surface area contributed by atoms with Crippen molar-refractivity contribution < 1.29 is 22.5 Å². The van der Waals surface area contributed by atoms with E-state index < -0.39 is 17.1 Å². The normalized spacial score (nSPS) is 14.0. The molecule has 0 spiro atoms. The summed E-state index contributed by atoms with van der Waals surface area (Å²) in [5.74, 6) is -0.158. The number of carbonyl (C=O) groups is 1. The van der Waals surface area contributed by atoms with Crippen molar-refractivity contribution in [3.8, 4) is 0 Å². The van der Waals surface area contributed by atoms with E-state index in [9.17, 15) is 4.79 Å². The largest absolute Gasteiger partial charge is 0.519 e. The Bertz CT molecular complexity index is 360. The van der Waals surface area contributed by atoms with Crippen LogP contribution in [0.2, 0.25) is 24.2 Å². The summed E-state index contributed by atoms with van der Waals surface area (Å²) < 4.78 is 22.3. The third kappa shape index (κ3) is 7.88. The molecule has 8 heteroatoms. The zero-order chi connectivity index (χ0) is 19.5. The molecule has 0 aliphatic heterocycles. The lowest BCUT2D eigenvalue weighted by molar-refractivity contribution is -0.139. The molecule has 0 amide bonds. The van der Waals surface area contributed by atoms with Gasteiger partial charge < -0.3 is 22.6 Å². The Morgan fingerprint density at radius 3 is 1.88 bits per heavy atom. The van der Waals surface area contributed by atoms with Crippen molar-refractivity contribution in [1.29, 1.82) is 0 Å². The van der Waals surface area contributed by atoms with Crippen LogP contribution < -0.4 is 0 Å². The predicted octanol–water partition coefficient (Wildman–Crippen LogP) is 3.37. The van der Waals surface area contributed by atoms with Gasteiger partial charge in [-0.3, -0.25) is 4.79 Å². The standard InChI is InChI=1S/C17H39NO5Si2/c1-9-24(10-2,11-3)23-17(19)16(4)15-18(5)13-12-14-25(20-6,21-7)22-8/h16H,9-15H2,1-8H3. The lowest BCUT2D eigenvalue weighted by Crippen LogP contribution is -2.43. The van der Waals surface area contributed by atoms with Gasteiger partial charge in [0.25, 0.3) is 14.3 Å². The van der Waals surface area contributed by atoms with Gasteiger partial charge in [-0.05, 0) is 38.1 Å². The van der Waals surface area contributed by atoms with Gasteiger partial charge in [0.05, 0.1) is 5.92 Å². The van der Waals surface area contributed by atoms with Crippen LogP contribution in [0.25, 0.3) is 0 Å². The maximum atomic E-state index is 12.5. The summed E-state index contributed by atoms with van der Waals surface area (Å²) in [5, 5.41) is 0. The maximum Gasteiger partial charge on any atom is 0.500 e. The molecule has 0 radical (unpaired) electrons. The van der Waals surface area contributed by atoms with Crippen LogP contribution in [0.4, 0.5) is 0 Å². The van der Waals surface area contributed by atoms with Crippen molar-refractivity contribution in [3.05, 3.63) is 0 Å². The Balaban J connectivity index is 4.41. The van der Waals surface area contributed by atoms with Crippen LogP contribution in [0.3, 0.4) is 0 Å². The molecule has 0 aromatic heterocycles. The highest BCUT2D eigenvalue weighted by Crippen LogP contribution is 2.23. The first kappa shape index (κ1) is 24.7. The first-order valence-corrected chi connectivity index (χ1v) is 13.8. The zero-order valence-corrected chi connectivity index (χ0v) is 19.5. The second-order valence-electron chi connectivity index (χ2n) is 6.73. The molecule has 1 atom stereocenters. The van der Waals surface area contributed by atoms with Crippen molar-refractivity contribution in [2.24, 2.45) is 5.92 Å². The summed E-state index contributed by atoms with van der Waals surface area (Å²) in [7, 11) is 2.55. The van der Waals surface area contributed by atoms with Crippen molar-refractivity contribution in [3.63, 3.8) is 0 Å². The van der Waals surface area contributed by atoms with E-state index in [4.69, 9.17) is 17.7 Å². The number of hydrogen-bond acceptors (Lipinski definition) is 6. The third-order valence-corrected chi connectivity index (χ3v) is 12.5. The molecule has 6 nitrogen and oxygen atoms in total. The molecule has 25 heavy (non-hydrogen) atoms. The topological polar surface area (TPSA) is 57.2 Å². The molecule has 1 unspecified atom stereocenters. The molecule has 0 saturated carbocycles. The van der Waals surface area contributed by atoms with Gasteiger partial charge in [0.1, 0.15) is 0 Å². The van der Waals surface area contributed by atoms with Crippen molar-refractivity contribution in [2.45, 2.75) is 58.3 Å². The maximum absolute atomic E-state index is 12.5. The van der Waals surface area contributed by atoms with Gasteiger partial charge in [-0.1, -0.05) is 27.7 Å². The van der Waals surface area contributed by atoms with Crippen LogP contribution in [0.15, 0.2) is 0 Å². The van der Waals surface area contributed by atoms with Crippen molar-refractivity contribution in [2.75, 3.05) is 41.5 Å². The Morgan fingerprint density at radius 1 is 1.00 bits per heavy atom. The SMILES string of the molecule is CC[Si](CC)(CC)OC(=O)C(C)CN(C)CCC[Si](OC)(OC)OC. The minimum absolute atomic E-state index is 0.0431. The fraction of sp³-hybridized carbons (Fsp3) is 0.941. The summed E-state index contributed by atoms with van der Waals surface area (Å²) in [6.45, 7) is 9.93. The van der Waals surface area contributed by atoms with Gasteiger partial charge in [0, 0.05) is 33.9 Å². The van der Waals surface area contributed by atoms with E-state index >= 15 is 0 Å². The summed E-state index contributed by atoms with van der Waals surface area (Å²) >= 11 is 0. The fourth-order valence-electron chi connectivity index (χ4n) is 3.04. The minimum Gasteiger partial charge on any atom is -0.519 e.